The largest absolute Gasteiger partial charge is 0.306 e. The summed E-state index contributed by atoms with van der Waals surface area (Å²) in [7, 11) is 0. The van der Waals surface area contributed by atoms with Crippen LogP contribution in [0.25, 0.3) is 0 Å². The lowest BCUT2D eigenvalue weighted by Gasteiger charge is -2.00. The third kappa shape index (κ3) is 2.61. The third-order valence-electron chi connectivity index (χ3n) is 1.81. The molecule has 0 aliphatic heterocycles. The molecule has 0 saturated carbocycles. The fraction of sp³-hybridized carbons (Fsp3) is 0.200. The first-order valence-corrected chi connectivity index (χ1v) is 5.37. The summed E-state index contributed by atoms with van der Waals surface area (Å²) >= 11 is 1.71. The van der Waals surface area contributed by atoms with Gasteiger partial charge in [0, 0.05) is 18.9 Å². The SMILES string of the molecule is c1cnc(CNCc2ccsc2)nc1. The minimum absolute atomic E-state index is 0.719. The van der Waals surface area contributed by atoms with Crippen molar-refractivity contribution in [1.29, 1.82) is 0 Å². The summed E-state index contributed by atoms with van der Waals surface area (Å²) in [6.45, 7) is 1.60. The van der Waals surface area contributed by atoms with E-state index in [2.05, 4.69) is 32.1 Å². The molecule has 72 valence electrons. The molecular formula is C10H11N3S. The normalized spacial score (nSPS) is 10.3. The molecule has 1 N–H and O–H groups in total. The van der Waals surface area contributed by atoms with Crippen LogP contribution >= 0.6 is 11.3 Å². The number of hydrogen-bond donors (Lipinski definition) is 1. The highest BCUT2D eigenvalue weighted by Crippen LogP contribution is 2.04. The van der Waals surface area contributed by atoms with Gasteiger partial charge in [0.05, 0.1) is 6.54 Å². The van der Waals surface area contributed by atoms with Gasteiger partial charge in [-0.3, -0.25) is 0 Å². The molecule has 3 nitrogen and oxygen atoms in total. The highest BCUT2D eigenvalue weighted by Gasteiger charge is 1.95. The Labute approximate surface area is 86.8 Å². The highest BCUT2D eigenvalue weighted by molar-refractivity contribution is 7.07. The Morgan fingerprint density at radius 1 is 1.21 bits per heavy atom. The Morgan fingerprint density at radius 2 is 2.07 bits per heavy atom. The molecular weight excluding hydrogens is 194 g/mol. The van der Waals surface area contributed by atoms with Gasteiger partial charge in [0.2, 0.25) is 0 Å². The van der Waals surface area contributed by atoms with E-state index in [1.165, 1.54) is 5.56 Å². The first kappa shape index (κ1) is 9.30. The van der Waals surface area contributed by atoms with E-state index in [0.717, 1.165) is 18.9 Å². The number of thiophene rings is 1. The summed E-state index contributed by atoms with van der Waals surface area (Å²) in [6.07, 6.45) is 3.52. The second-order valence-corrected chi connectivity index (χ2v) is 3.68. The minimum Gasteiger partial charge on any atom is -0.306 e. The smallest absolute Gasteiger partial charge is 0.141 e. The van der Waals surface area contributed by atoms with Crippen LogP contribution in [0.4, 0.5) is 0 Å². The van der Waals surface area contributed by atoms with Crippen LogP contribution in [0.5, 0.6) is 0 Å². The minimum atomic E-state index is 0.719. The van der Waals surface area contributed by atoms with E-state index in [1.807, 2.05) is 6.07 Å². The van der Waals surface area contributed by atoms with E-state index in [-0.39, 0.29) is 0 Å². The van der Waals surface area contributed by atoms with Crippen molar-refractivity contribution in [1.82, 2.24) is 15.3 Å². The monoisotopic (exact) mass is 205 g/mol. The van der Waals surface area contributed by atoms with Crippen LogP contribution in [-0.4, -0.2) is 9.97 Å². The maximum atomic E-state index is 4.13. The molecule has 2 aromatic heterocycles. The van der Waals surface area contributed by atoms with Crippen LogP contribution in [-0.2, 0) is 13.1 Å². The lowest BCUT2D eigenvalue weighted by Crippen LogP contribution is -2.14. The van der Waals surface area contributed by atoms with Gasteiger partial charge in [-0.1, -0.05) is 0 Å². The molecule has 14 heavy (non-hydrogen) atoms. The average Bonchev–Trinajstić information content (AvgIpc) is 2.72. The van der Waals surface area contributed by atoms with Crippen LogP contribution in [0, 0.1) is 0 Å². The maximum absolute atomic E-state index is 4.13. The molecule has 0 bridgehead atoms. The molecule has 2 heterocycles. The number of hydrogen-bond acceptors (Lipinski definition) is 4. The van der Waals surface area contributed by atoms with Crippen molar-refractivity contribution in [2.45, 2.75) is 13.1 Å². The summed E-state index contributed by atoms with van der Waals surface area (Å²) in [5.74, 6) is 0.836. The standard InChI is InChI=1S/C10H11N3S/c1-3-12-10(13-4-1)7-11-6-9-2-5-14-8-9/h1-5,8,11H,6-7H2. The number of nitrogens with one attached hydrogen (secondary N) is 1. The molecule has 0 atom stereocenters. The van der Waals surface area contributed by atoms with Gasteiger partial charge in [-0.2, -0.15) is 11.3 Å². The third-order valence-corrected chi connectivity index (χ3v) is 2.54. The predicted molar refractivity (Wildman–Crippen MR) is 56.9 cm³/mol. The van der Waals surface area contributed by atoms with Gasteiger partial charge < -0.3 is 5.32 Å². The Hall–Kier alpha value is -1.26. The molecule has 0 unspecified atom stereocenters. The van der Waals surface area contributed by atoms with Gasteiger partial charge in [0.1, 0.15) is 5.82 Å². The second kappa shape index (κ2) is 4.83. The molecule has 0 aliphatic rings. The van der Waals surface area contributed by atoms with E-state index >= 15 is 0 Å². The van der Waals surface area contributed by atoms with E-state index in [4.69, 9.17) is 0 Å². The van der Waals surface area contributed by atoms with Crippen LogP contribution in [0.2, 0.25) is 0 Å². The summed E-state index contributed by atoms with van der Waals surface area (Å²) in [4.78, 5) is 8.25. The Kier molecular flexibility index (Phi) is 3.21. The van der Waals surface area contributed by atoms with Crippen molar-refractivity contribution in [2.24, 2.45) is 0 Å². The van der Waals surface area contributed by atoms with E-state index in [0.29, 0.717) is 0 Å². The van der Waals surface area contributed by atoms with Crippen molar-refractivity contribution >= 4 is 11.3 Å². The zero-order valence-electron chi connectivity index (χ0n) is 7.68. The summed E-state index contributed by atoms with van der Waals surface area (Å²) in [5.41, 5.74) is 1.31. The maximum Gasteiger partial charge on any atom is 0.141 e. The molecule has 0 fully saturated rings. The van der Waals surface area contributed by atoms with Gasteiger partial charge in [0.15, 0.2) is 0 Å². The quantitative estimate of drug-likeness (QED) is 0.827. The van der Waals surface area contributed by atoms with Gasteiger partial charge in [0.25, 0.3) is 0 Å². The molecule has 2 rings (SSSR count). The van der Waals surface area contributed by atoms with Gasteiger partial charge in [-0.05, 0) is 28.5 Å². The number of rotatable bonds is 4. The van der Waals surface area contributed by atoms with Crippen LogP contribution < -0.4 is 5.32 Å². The molecule has 0 aromatic carbocycles. The number of aromatic nitrogens is 2. The predicted octanol–water partition coefficient (Wildman–Crippen LogP) is 1.83. The van der Waals surface area contributed by atoms with Crippen LogP contribution in [0.15, 0.2) is 35.3 Å². The zero-order valence-corrected chi connectivity index (χ0v) is 8.50. The van der Waals surface area contributed by atoms with E-state index in [1.54, 1.807) is 23.7 Å². The summed E-state index contributed by atoms with van der Waals surface area (Å²) in [5, 5.41) is 7.50. The van der Waals surface area contributed by atoms with Crippen molar-refractivity contribution < 1.29 is 0 Å². The first-order chi connectivity index (χ1) is 6.95. The van der Waals surface area contributed by atoms with Crippen molar-refractivity contribution in [3.63, 3.8) is 0 Å². The van der Waals surface area contributed by atoms with Crippen LogP contribution in [0.3, 0.4) is 0 Å². The lowest BCUT2D eigenvalue weighted by molar-refractivity contribution is 0.663. The molecule has 0 amide bonds. The van der Waals surface area contributed by atoms with Gasteiger partial charge >= 0.3 is 0 Å². The average molecular weight is 205 g/mol. The molecule has 0 aliphatic carbocycles. The molecule has 4 heteroatoms. The Bertz CT molecular complexity index is 358. The fourth-order valence-electron chi connectivity index (χ4n) is 1.13. The topological polar surface area (TPSA) is 37.8 Å². The first-order valence-electron chi connectivity index (χ1n) is 4.43. The van der Waals surface area contributed by atoms with Gasteiger partial charge in [-0.25, -0.2) is 9.97 Å². The van der Waals surface area contributed by atoms with E-state index < -0.39 is 0 Å². The molecule has 0 saturated heterocycles. The zero-order chi connectivity index (χ0) is 9.64. The van der Waals surface area contributed by atoms with E-state index in [9.17, 15) is 0 Å². The fourth-order valence-corrected chi connectivity index (χ4v) is 1.80. The Morgan fingerprint density at radius 3 is 2.79 bits per heavy atom. The summed E-state index contributed by atoms with van der Waals surface area (Å²) in [6, 6.07) is 3.94. The van der Waals surface area contributed by atoms with Gasteiger partial charge in [-0.15, -0.1) is 0 Å². The molecule has 0 spiro atoms. The Balaban J connectivity index is 1.79. The summed E-state index contributed by atoms with van der Waals surface area (Å²) < 4.78 is 0. The van der Waals surface area contributed by atoms with Crippen molar-refractivity contribution in [3.8, 4) is 0 Å². The highest BCUT2D eigenvalue weighted by atomic mass is 32.1. The molecule has 0 radical (unpaired) electrons. The van der Waals surface area contributed by atoms with Crippen LogP contribution in [0.1, 0.15) is 11.4 Å². The lowest BCUT2D eigenvalue weighted by atomic mass is 10.3. The molecule has 2 aromatic rings. The second-order valence-electron chi connectivity index (χ2n) is 2.90. The number of nitrogens with zero attached hydrogens (tertiary/aromatic N) is 2. The van der Waals surface area contributed by atoms with Crippen molar-refractivity contribution in [3.05, 3.63) is 46.7 Å². The van der Waals surface area contributed by atoms with Crippen molar-refractivity contribution in [2.75, 3.05) is 0 Å².